The van der Waals surface area contributed by atoms with Gasteiger partial charge in [0.2, 0.25) is 0 Å². The third-order valence-corrected chi connectivity index (χ3v) is 7.04. The van der Waals surface area contributed by atoms with Gasteiger partial charge in [-0.3, -0.25) is 14.5 Å². The van der Waals surface area contributed by atoms with E-state index in [1.54, 1.807) is 18.4 Å². The quantitative estimate of drug-likeness (QED) is 0.678. The average molecular weight is 400 g/mol. The first-order chi connectivity index (χ1) is 14.6. The summed E-state index contributed by atoms with van der Waals surface area (Å²) >= 11 is 0. The van der Waals surface area contributed by atoms with Crippen LogP contribution in [0.1, 0.15) is 27.6 Å². The second-order valence-electron chi connectivity index (χ2n) is 8.24. The third kappa shape index (κ3) is 1.83. The molecule has 0 bridgehead atoms. The summed E-state index contributed by atoms with van der Waals surface area (Å²) in [6, 6.07) is 18.6. The van der Waals surface area contributed by atoms with Crippen LogP contribution in [0, 0.1) is 5.41 Å². The standard InChI is InChI=1S/C24H20N2O4/c1-26-13-17(20-11-6-12-29-20)23(14-30-19-10-5-2-7-15(19)21(23)27)24(26)16-8-3-4-9-18(16)25-22(24)28/h2-12,17H,13-14H2,1H3,(H,25,28)/t17-,23+,24+/m0/s1. The Hall–Kier alpha value is -3.38. The molecule has 6 nitrogen and oxygen atoms in total. The number of nitrogens with one attached hydrogen (secondary N) is 1. The van der Waals surface area contributed by atoms with E-state index in [2.05, 4.69) is 5.32 Å². The van der Waals surface area contributed by atoms with Gasteiger partial charge in [0.1, 0.15) is 29.1 Å². The van der Waals surface area contributed by atoms with Crippen molar-refractivity contribution in [1.29, 1.82) is 0 Å². The number of rotatable bonds is 1. The molecule has 2 spiro atoms. The van der Waals surface area contributed by atoms with Gasteiger partial charge >= 0.3 is 0 Å². The van der Waals surface area contributed by atoms with Crippen LogP contribution in [0.25, 0.3) is 0 Å². The Balaban J connectivity index is 1.68. The van der Waals surface area contributed by atoms with Crippen molar-refractivity contribution in [3.05, 3.63) is 83.8 Å². The Morgan fingerprint density at radius 3 is 2.67 bits per heavy atom. The topological polar surface area (TPSA) is 71.8 Å². The SMILES string of the molecule is CN1C[C@@H](c2ccco2)[C@@]2(COc3ccccc3C2=O)[C@@]12C(=O)Nc1ccccc12. The van der Waals surface area contributed by atoms with Crippen LogP contribution < -0.4 is 10.1 Å². The zero-order valence-electron chi connectivity index (χ0n) is 16.4. The molecule has 4 heterocycles. The number of likely N-dealkylation sites (N-methyl/N-ethyl adjacent to an activating group) is 1. The molecule has 3 aliphatic heterocycles. The maximum Gasteiger partial charge on any atom is 0.250 e. The first-order valence-corrected chi connectivity index (χ1v) is 10.0. The number of carbonyl (C=O) groups excluding carboxylic acids is 2. The second-order valence-corrected chi connectivity index (χ2v) is 8.24. The highest BCUT2D eigenvalue weighted by Crippen LogP contribution is 2.64. The largest absolute Gasteiger partial charge is 0.492 e. The number of ether oxygens (including phenoxy) is 1. The van der Waals surface area contributed by atoms with Gasteiger partial charge in [-0.25, -0.2) is 0 Å². The van der Waals surface area contributed by atoms with Gasteiger partial charge in [-0.2, -0.15) is 0 Å². The lowest BCUT2D eigenvalue weighted by atomic mass is 9.58. The molecule has 0 saturated carbocycles. The highest BCUT2D eigenvalue weighted by molar-refractivity contribution is 6.15. The van der Waals surface area contributed by atoms with Crippen LogP contribution in [-0.2, 0) is 10.3 Å². The minimum atomic E-state index is -1.19. The summed E-state index contributed by atoms with van der Waals surface area (Å²) in [7, 11) is 1.90. The van der Waals surface area contributed by atoms with Crippen molar-refractivity contribution in [2.45, 2.75) is 11.5 Å². The van der Waals surface area contributed by atoms with E-state index < -0.39 is 11.0 Å². The molecule has 0 radical (unpaired) electrons. The number of Topliss-reactive ketones (excluding diaryl/α,β-unsaturated/α-hetero) is 1. The molecule has 0 aliphatic carbocycles. The first kappa shape index (κ1) is 17.5. The zero-order chi connectivity index (χ0) is 20.5. The molecule has 2 aromatic carbocycles. The lowest BCUT2D eigenvalue weighted by Gasteiger charge is -2.47. The highest BCUT2D eigenvalue weighted by atomic mass is 16.5. The Morgan fingerprint density at radius 1 is 1.03 bits per heavy atom. The van der Waals surface area contributed by atoms with Crippen LogP contribution in [0.5, 0.6) is 5.75 Å². The number of fused-ring (bicyclic) bond motifs is 4. The summed E-state index contributed by atoms with van der Waals surface area (Å²) in [6.45, 7) is 0.590. The number of hydrogen-bond acceptors (Lipinski definition) is 5. The summed E-state index contributed by atoms with van der Waals surface area (Å²) in [5.41, 5.74) is -0.299. The van der Waals surface area contributed by atoms with E-state index in [1.807, 2.05) is 60.5 Å². The number of ketones is 1. The van der Waals surface area contributed by atoms with Crippen LogP contribution in [0.15, 0.2) is 71.3 Å². The molecule has 6 rings (SSSR count). The fourth-order valence-electron chi connectivity index (χ4n) is 5.85. The second kappa shape index (κ2) is 5.83. The first-order valence-electron chi connectivity index (χ1n) is 10.0. The van der Waals surface area contributed by atoms with Crippen molar-refractivity contribution in [3.63, 3.8) is 0 Å². The van der Waals surface area contributed by atoms with Crippen molar-refractivity contribution in [3.8, 4) is 5.75 Å². The number of amides is 1. The molecule has 150 valence electrons. The predicted molar refractivity (Wildman–Crippen MR) is 110 cm³/mol. The molecule has 3 atom stereocenters. The predicted octanol–water partition coefficient (Wildman–Crippen LogP) is 3.42. The molecule has 0 unspecified atom stereocenters. The van der Waals surface area contributed by atoms with E-state index in [0.29, 0.717) is 23.6 Å². The van der Waals surface area contributed by atoms with E-state index in [9.17, 15) is 9.59 Å². The lowest BCUT2D eigenvalue weighted by molar-refractivity contribution is -0.131. The van der Waals surface area contributed by atoms with Gasteiger partial charge < -0.3 is 14.5 Å². The van der Waals surface area contributed by atoms with Crippen LogP contribution in [-0.4, -0.2) is 36.8 Å². The average Bonchev–Trinajstić information content (AvgIpc) is 3.45. The number of anilines is 1. The number of likely N-dealkylation sites (tertiary alicyclic amines) is 1. The molecule has 1 fully saturated rings. The molecule has 1 amide bonds. The van der Waals surface area contributed by atoms with Crippen molar-refractivity contribution >= 4 is 17.4 Å². The monoisotopic (exact) mass is 400 g/mol. The summed E-state index contributed by atoms with van der Waals surface area (Å²) in [6.07, 6.45) is 1.61. The Morgan fingerprint density at radius 2 is 1.83 bits per heavy atom. The summed E-state index contributed by atoms with van der Waals surface area (Å²) in [5, 5.41) is 3.02. The van der Waals surface area contributed by atoms with Crippen molar-refractivity contribution in [2.24, 2.45) is 5.41 Å². The van der Waals surface area contributed by atoms with Gasteiger partial charge in [0.15, 0.2) is 5.78 Å². The molecular formula is C24H20N2O4. The maximum absolute atomic E-state index is 14.3. The van der Waals surface area contributed by atoms with Crippen LogP contribution in [0.3, 0.4) is 0 Å². The number of furan rings is 1. The molecule has 1 aromatic heterocycles. The zero-order valence-corrected chi connectivity index (χ0v) is 16.4. The lowest BCUT2D eigenvalue weighted by Crippen LogP contribution is -2.62. The fourth-order valence-corrected chi connectivity index (χ4v) is 5.85. The van der Waals surface area contributed by atoms with Gasteiger partial charge in [-0.1, -0.05) is 30.3 Å². The molecule has 30 heavy (non-hydrogen) atoms. The molecule has 6 heteroatoms. The number of carbonyl (C=O) groups is 2. The molecule has 3 aromatic rings. The normalized spacial score (nSPS) is 29.7. The van der Waals surface area contributed by atoms with E-state index >= 15 is 0 Å². The molecular weight excluding hydrogens is 380 g/mol. The van der Waals surface area contributed by atoms with Crippen molar-refractivity contribution < 1.29 is 18.7 Å². The van der Waals surface area contributed by atoms with E-state index in [0.717, 1.165) is 11.3 Å². The van der Waals surface area contributed by atoms with Crippen molar-refractivity contribution in [2.75, 3.05) is 25.5 Å². The summed E-state index contributed by atoms with van der Waals surface area (Å²) in [5.74, 6) is 0.628. The maximum atomic E-state index is 14.3. The van der Waals surface area contributed by atoms with E-state index in [1.165, 1.54) is 0 Å². The van der Waals surface area contributed by atoms with Gasteiger partial charge in [0.25, 0.3) is 5.91 Å². The molecule has 3 aliphatic rings. The number of para-hydroxylation sites is 2. The van der Waals surface area contributed by atoms with E-state index in [4.69, 9.17) is 9.15 Å². The van der Waals surface area contributed by atoms with Crippen LogP contribution in [0.4, 0.5) is 5.69 Å². The summed E-state index contributed by atoms with van der Waals surface area (Å²) in [4.78, 5) is 30.0. The van der Waals surface area contributed by atoms with Gasteiger partial charge in [0.05, 0.1) is 11.8 Å². The number of hydrogen-bond donors (Lipinski definition) is 1. The van der Waals surface area contributed by atoms with Gasteiger partial charge in [-0.05, 0) is 37.4 Å². The Labute approximate surface area is 173 Å². The van der Waals surface area contributed by atoms with Gasteiger partial charge in [-0.15, -0.1) is 0 Å². The molecule has 1 saturated heterocycles. The molecule has 1 N–H and O–H groups in total. The summed E-state index contributed by atoms with van der Waals surface area (Å²) < 4.78 is 12.0. The minimum absolute atomic E-state index is 0.0815. The van der Waals surface area contributed by atoms with Crippen LogP contribution in [0.2, 0.25) is 0 Å². The van der Waals surface area contributed by atoms with Gasteiger partial charge in [0, 0.05) is 23.7 Å². The number of benzene rings is 2. The van der Waals surface area contributed by atoms with Crippen molar-refractivity contribution in [1.82, 2.24) is 4.90 Å². The highest BCUT2D eigenvalue weighted by Gasteiger charge is 2.75. The van der Waals surface area contributed by atoms with E-state index in [-0.39, 0.29) is 24.2 Å². The smallest absolute Gasteiger partial charge is 0.250 e. The van der Waals surface area contributed by atoms with Crippen LogP contribution >= 0.6 is 0 Å². The Bertz CT molecular complexity index is 1190. The number of nitrogens with zero attached hydrogens (tertiary/aromatic N) is 1. The Kier molecular flexibility index (Phi) is 3.40. The fraction of sp³-hybridized carbons (Fsp3) is 0.250. The minimum Gasteiger partial charge on any atom is -0.492 e. The third-order valence-electron chi connectivity index (χ3n) is 7.04.